The molecular formula is C16H19N3O6. The van der Waals surface area contributed by atoms with Gasteiger partial charge in [0.15, 0.2) is 6.61 Å². The van der Waals surface area contributed by atoms with Gasteiger partial charge in [-0.15, -0.1) is 0 Å². The number of amides is 2. The van der Waals surface area contributed by atoms with Crippen LogP contribution in [0.4, 0.5) is 11.4 Å². The van der Waals surface area contributed by atoms with Gasteiger partial charge in [0.25, 0.3) is 11.6 Å². The van der Waals surface area contributed by atoms with Crippen molar-refractivity contribution in [3.63, 3.8) is 0 Å². The molecule has 0 bridgehead atoms. The maximum absolute atomic E-state index is 11.8. The van der Waals surface area contributed by atoms with Crippen molar-refractivity contribution >= 4 is 29.2 Å². The zero-order valence-electron chi connectivity index (χ0n) is 13.6. The Bertz CT molecular complexity index is 658. The first-order valence-corrected chi connectivity index (χ1v) is 7.93. The van der Waals surface area contributed by atoms with E-state index in [1.165, 1.54) is 29.2 Å². The number of rotatable bonds is 6. The highest BCUT2D eigenvalue weighted by atomic mass is 16.6. The molecule has 1 aromatic rings. The standard InChI is InChI=1S/C16H19N3O6/c20-14(17-12-5-7-13(8-6-12)19(23)24)11-25-16(22)10-18-9-3-1-2-4-15(18)21/h5-8H,1-4,9-11H2,(H,17,20). The predicted molar refractivity (Wildman–Crippen MR) is 87.7 cm³/mol. The number of non-ortho nitro benzene ring substituents is 1. The Morgan fingerprint density at radius 1 is 1.20 bits per heavy atom. The summed E-state index contributed by atoms with van der Waals surface area (Å²) in [5, 5.41) is 13.0. The molecule has 0 unspecified atom stereocenters. The van der Waals surface area contributed by atoms with E-state index in [1.54, 1.807) is 0 Å². The number of ether oxygens (including phenoxy) is 1. The number of esters is 1. The summed E-state index contributed by atoms with van der Waals surface area (Å²) in [6.45, 7) is -0.135. The zero-order chi connectivity index (χ0) is 18.2. The summed E-state index contributed by atoms with van der Waals surface area (Å²) in [4.78, 5) is 46.8. The summed E-state index contributed by atoms with van der Waals surface area (Å²) >= 11 is 0. The Morgan fingerprint density at radius 3 is 2.60 bits per heavy atom. The smallest absolute Gasteiger partial charge is 0.326 e. The van der Waals surface area contributed by atoms with Crippen molar-refractivity contribution in [1.29, 1.82) is 0 Å². The van der Waals surface area contributed by atoms with Crippen LogP contribution in [0.5, 0.6) is 0 Å². The topological polar surface area (TPSA) is 119 Å². The predicted octanol–water partition coefficient (Wildman–Crippen LogP) is 1.48. The Labute approximate surface area is 144 Å². The van der Waals surface area contributed by atoms with Gasteiger partial charge in [-0.2, -0.15) is 0 Å². The summed E-state index contributed by atoms with van der Waals surface area (Å²) in [6, 6.07) is 5.28. The molecule has 0 spiro atoms. The SMILES string of the molecule is O=C(COC(=O)CN1CCCCCC1=O)Nc1ccc([N+](=O)[O-])cc1. The van der Waals surface area contributed by atoms with Gasteiger partial charge in [0.1, 0.15) is 6.54 Å². The molecule has 9 heteroatoms. The average Bonchev–Trinajstić information content (AvgIpc) is 2.78. The highest BCUT2D eigenvalue weighted by Crippen LogP contribution is 2.15. The van der Waals surface area contributed by atoms with Crippen LogP contribution in [0.1, 0.15) is 25.7 Å². The Morgan fingerprint density at radius 2 is 1.92 bits per heavy atom. The lowest BCUT2D eigenvalue weighted by Gasteiger charge is -2.19. The number of benzene rings is 1. The van der Waals surface area contributed by atoms with E-state index in [0.717, 1.165) is 19.3 Å². The average molecular weight is 349 g/mol. The van der Waals surface area contributed by atoms with Crippen molar-refractivity contribution in [3.8, 4) is 0 Å². The number of anilines is 1. The molecule has 1 aliphatic rings. The molecule has 0 atom stereocenters. The van der Waals surface area contributed by atoms with Gasteiger partial charge in [-0.3, -0.25) is 24.5 Å². The van der Waals surface area contributed by atoms with Crippen LogP contribution in [0.2, 0.25) is 0 Å². The maximum Gasteiger partial charge on any atom is 0.326 e. The van der Waals surface area contributed by atoms with Crippen LogP contribution >= 0.6 is 0 Å². The third kappa shape index (κ3) is 5.87. The summed E-state index contributed by atoms with van der Waals surface area (Å²) in [7, 11) is 0. The fourth-order valence-electron chi connectivity index (χ4n) is 2.42. The van der Waals surface area contributed by atoms with Gasteiger partial charge in [-0.05, 0) is 25.0 Å². The quantitative estimate of drug-likeness (QED) is 0.472. The van der Waals surface area contributed by atoms with Gasteiger partial charge in [-0.25, -0.2) is 0 Å². The van der Waals surface area contributed by atoms with Crippen LogP contribution in [-0.4, -0.2) is 47.3 Å². The number of nitro benzene ring substituents is 1. The molecule has 1 aliphatic heterocycles. The molecule has 134 valence electrons. The highest BCUT2D eigenvalue weighted by Gasteiger charge is 2.20. The lowest BCUT2D eigenvalue weighted by Crippen LogP contribution is -2.36. The fraction of sp³-hybridized carbons (Fsp3) is 0.438. The summed E-state index contributed by atoms with van der Waals surface area (Å²) in [5.41, 5.74) is 0.265. The fourth-order valence-corrected chi connectivity index (χ4v) is 2.42. The van der Waals surface area contributed by atoms with Gasteiger partial charge in [-0.1, -0.05) is 6.42 Å². The number of hydrogen-bond donors (Lipinski definition) is 1. The van der Waals surface area contributed by atoms with Crippen molar-refractivity contribution < 1.29 is 24.0 Å². The van der Waals surface area contributed by atoms with E-state index in [0.29, 0.717) is 18.7 Å². The van der Waals surface area contributed by atoms with E-state index in [1.807, 2.05) is 0 Å². The lowest BCUT2D eigenvalue weighted by atomic mass is 10.2. The molecule has 25 heavy (non-hydrogen) atoms. The van der Waals surface area contributed by atoms with E-state index in [4.69, 9.17) is 4.74 Å². The first-order chi connectivity index (χ1) is 12.0. The van der Waals surface area contributed by atoms with Crippen LogP contribution in [0.15, 0.2) is 24.3 Å². The third-order valence-corrected chi connectivity index (χ3v) is 3.72. The summed E-state index contributed by atoms with van der Waals surface area (Å²) in [5.74, 6) is -1.29. The molecule has 2 amide bonds. The molecule has 1 aromatic carbocycles. The van der Waals surface area contributed by atoms with Crippen molar-refractivity contribution in [2.75, 3.05) is 25.0 Å². The second-order valence-corrected chi connectivity index (χ2v) is 5.64. The van der Waals surface area contributed by atoms with Gasteiger partial charge < -0.3 is 15.0 Å². The molecule has 0 aromatic heterocycles. The van der Waals surface area contributed by atoms with Gasteiger partial charge >= 0.3 is 5.97 Å². The van der Waals surface area contributed by atoms with Crippen LogP contribution in [0.25, 0.3) is 0 Å². The second-order valence-electron chi connectivity index (χ2n) is 5.64. The van der Waals surface area contributed by atoms with E-state index < -0.39 is 23.4 Å². The molecule has 1 saturated heterocycles. The van der Waals surface area contributed by atoms with Crippen LogP contribution in [-0.2, 0) is 19.1 Å². The Kier molecular flexibility index (Phi) is 6.44. The van der Waals surface area contributed by atoms with E-state index in [2.05, 4.69) is 5.32 Å². The Hall–Kier alpha value is -2.97. The van der Waals surface area contributed by atoms with E-state index in [9.17, 15) is 24.5 Å². The summed E-state index contributed by atoms with van der Waals surface area (Å²) in [6.07, 6.45) is 3.05. The zero-order valence-corrected chi connectivity index (χ0v) is 13.6. The number of nitro groups is 1. The largest absolute Gasteiger partial charge is 0.454 e. The van der Waals surface area contributed by atoms with Crippen molar-refractivity contribution in [2.45, 2.75) is 25.7 Å². The van der Waals surface area contributed by atoms with Gasteiger partial charge in [0, 0.05) is 30.8 Å². The number of likely N-dealkylation sites (tertiary alicyclic amines) is 1. The number of hydrogen-bond acceptors (Lipinski definition) is 6. The number of nitrogens with one attached hydrogen (secondary N) is 1. The molecule has 0 saturated carbocycles. The van der Waals surface area contributed by atoms with Crippen molar-refractivity contribution in [1.82, 2.24) is 4.90 Å². The molecular weight excluding hydrogens is 330 g/mol. The monoisotopic (exact) mass is 349 g/mol. The molecule has 0 aliphatic carbocycles. The minimum Gasteiger partial charge on any atom is -0.454 e. The first kappa shape index (κ1) is 18.4. The van der Waals surface area contributed by atoms with Crippen LogP contribution in [0.3, 0.4) is 0 Å². The lowest BCUT2D eigenvalue weighted by molar-refractivity contribution is -0.384. The molecule has 1 heterocycles. The Balaban J connectivity index is 1.76. The third-order valence-electron chi connectivity index (χ3n) is 3.72. The molecule has 2 rings (SSSR count). The van der Waals surface area contributed by atoms with E-state index >= 15 is 0 Å². The molecule has 9 nitrogen and oxygen atoms in total. The van der Waals surface area contributed by atoms with Crippen molar-refractivity contribution in [3.05, 3.63) is 34.4 Å². The minimum atomic E-state index is -0.644. The minimum absolute atomic E-state index is 0.0789. The van der Waals surface area contributed by atoms with Gasteiger partial charge in [0.05, 0.1) is 4.92 Å². The highest BCUT2D eigenvalue weighted by molar-refractivity contribution is 5.93. The van der Waals surface area contributed by atoms with E-state index in [-0.39, 0.29) is 18.1 Å². The molecule has 0 radical (unpaired) electrons. The first-order valence-electron chi connectivity index (χ1n) is 7.93. The number of carbonyl (C=O) groups is 3. The molecule has 1 fully saturated rings. The normalized spacial score (nSPS) is 14.6. The summed E-state index contributed by atoms with van der Waals surface area (Å²) < 4.78 is 4.88. The van der Waals surface area contributed by atoms with Crippen molar-refractivity contribution in [2.24, 2.45) is 0 Å². The maximum atomic E-state index is 11.8. The van der Waals surface area contributed by atoms with Crippen LogP contribution in [0, 0.1) is 10.1 Å². The van der Waals surface area contributed by atoms with Crippen LogP contribution < -0.4 is 5.32 Å². The second kappa shape index (κ2) is 8.76. The molecule has 1 N–H and O–H groups in total. The number of carbonyl (C=O) groups excluding carboxylic acids is 3. The number of nitrogens with zero attached hydrogens (tertiary/aromatic N) is 2. The van der Waals surface area contributed by atoms with Gasteiger partial charge in [0.2, 0.25) is 5.91 Å².